The van der Waals surface area contributed by atoms with Gasteiger partial charge < -0.3 is 14.8 Å². The van der Waals surface area contributed by atoms with Crippen molar-refractivity contribution >= 4 is 23.2 Å². The Hall–Kier alpha value is -1.47. The molecule has 0 spiro atoms. The number of carbonyl (C=O) groups excluding carboxylic acids is 2. The normalized spacial score (nSPS) is 10.6. The van der Waals surface area contributed by atoms with Crippen molar-refractivity contribution < 1.29 is 19.1 Å². The Bertz CT molecular complexity index is 445. The van der Waals surface area contributed by atoms with Gasteiger partial charge in [0.15, 0.2) is 0 Å². The predicted octanol–water partition coefficient (Wildman–Crippen LogP) is 1.72. The Morgan fingerprint density at radius 2 is 2.20 bits per heavy atom. The fourth-order valence-electron chi connectivity index (χ4n) is 1.31. The molecule has 0 aliphatic heterocycles. The van der Waals surface area contributed by atoms with Crippen LogP contribution in [0, 0.1) is 5.92 Å². The molecule has 0 radical (unpaired) electrons. The van der Waals surface area contributed by atoms with Gasteiger partial charge in [-0.25, -0.2) is 9.78 Å². The van der Waals surface area contributed by atoms with E-state index in [1.807, 2.05) is 0 Å². The van der Waals surface area contributed by atoms with Crippen molar-refractivity contribution in [3.05, 3.63) is 16.1 Å². The highest BCUT2D eigenvalue weighted by Gasteiger charge is 2.15. The van der Waals surface area contributed by atoms with Crippen LogP contribution in [0.1, 0.15) is 41.1 Å². The van der Waals surface area contributed by atoms with Gasteiger partial charge in [-0.15, -0.1) is 11.3 Å². The third-order valence-corrected chi connectivity index (χ3v) is 2.99. The lowest BCUT2D eigenvalue weighted by molar-refractivity contribution is 0.0526. The van der Waals surface area contributed by atoms with E-state index in [2.05, 4.69) is 24.1 Å². The molecule has 20 heavy (non-hydrogen) atoms. The second-order valence-corrected chi connectivity index (χ2v) is 5.34. The molecule has 112 valence electrons. The summed E-state index contributed by atoms with van der Waals surface area (Å²) in [5, 5.41) is 4.41. The highest BCUT2D eigenvalue weighted by atomic mass is 32.1. The van der Waals surface area contributed by atoms with E-state index in [1.54, 1.807) is 6.92 Å². The van der Waals surface area contributed by atoms with E-state index in [4.69, 9.17) is 9.47 Å². The Labute approximate surface area is 122 Å². The van der Waals surface area contributed by atoms with E-state index in [1.165, 1.54) is 5.38 Å². The van der Waals surface area contributed by atoms with Crippen LogP contribution in [-0.4, -0.2) is 43.2 Å². The SMILES string of the molecule is CCOC(=O)c1nc(C(=O)NCCOCC(C)C)cs1. The molecule has 6 nitrogen and oxygen atoms in total. The number of nitrogens with zero attached hydrogens (tertiary/aromatic N) is 1. The van der Waals surface area contributed by atoms with E-state index in [9.17, 15) is 9.59 Å². The van der Waals surface area contributed by atoms with Gasteiger partial charge in [-0.2, -0.15) is 0 Å². The van der Waals surface area contributed by atoms with Gasteiger partial charge in [0.1, 0.15) is 5.69 Å². The van der Waals surface area contributed by atoms with Crippen molar-refractivity contribution in [1.29, 1.82) is 0 Å². The van der Waals surface area contributed by atoms with Crippen LogP contribution in [-0.2, 0) is 9.47 Å². The van der Waals surface area contributed by atoms with Gasteiger partial charge in [-0.3, -0.25) is 4.79 Å². The van der Waals surface area contributed by atoms with Crippen molar-refractivity contribution in [2.45, 2.75) is 20.8 Å². The maximum atomic E-state index is 11.8. The van der Waals surface area contributed by atoms with Gasteiger partial charge in [-0.1, -0.05) is 13.8 Å². The molecule has 1 aromatic heterocycles. The van der Waals surface area contributed by atoms with Crippen molar-refractivity contribution in [2.24, 2.45) is 5.92 Å². The van der Waals surface area contributed by atoms with E-state index >= 15 is 0 Å². The maximum Gasteiger partial charge on any atom is 0.367 e. The van der Waals surface area contributed by atoms with Crippen molar-refractivity contribution in [3.63, 3.8) is 0 Å². The number of nitrogens with one attached hydrogen (secondary N) is 1. The number of hydrogen-bond donors (Lipinski definition) is 1. The molecule has 1 rings (SSSR count). The number of aromatic nitrogens is 1. The summed E-state index contributed by atoms with van der Waals surface area (Å²) >= 11 is 1.10. The monoisotopic (exact) mass is 300 g/mol. The molecule has 0 saturated heterocycles. The fraction of sp³-hybridized carbons (Fsp3) is 0.615. The van der Waals surface area contributed by atoms with Crippen LogP contribution < -0.4 is 5.32 Å². The Balaban J connectivity index is 2.35. The number of rotatable bonds is 8. The van der Waals surface area contributed by atoms with Gasteiger partial charge >= 0.3 is 5.97 Å². The summed E-state index contributed by atoms with van der Waals surface area (Å²) in [5.41, 5.74) is 0.224. The number of ether oxygens (including phenoxy) is 2. The predicted molar refractivity (Wildman–Crippen MR) is 76.1 cm³/mol. The molecule has 0 saturated carbocycles. The molecule has 0 atom stereocenters. The van der Waals surface area contributed by atoms with Gasteiger partial charge in [0.2, 0.25) is 5.01 Å². The number of thiazole rings is 1. The molecule has 1 heterocycles. The molecule has 7 heteroatoms. The second-order valence-electron chi connectivity index (χ2n) is 4.48. The summed E-state index contributed by atoms with van der Waals surface area (Å²) in [6.07, 6.45) is 0. The first kappa shape index (κ1) is 16.6. The third-order valence-electron chi connectivity index (χ3n) is 2.17. The van der Waals surface area contributed by atoms with Crippen LogP contribution in [0.5, 0.6) is 0 Å². The van der Waals surface area contributed by atoms with Crippen LogP contribution in [0.25, 0.3) is 0 Å². The molecule has 0 aromatic carbocycles. The third kappa shape index (κ3) is 5.66. The van der Waals surface area contributed by atoms with Crippen LogP contribution in [0.4, 0.5) is 0 Å². The molecule has 1 amide bonds. The summed E-state index contributed by atoms with van der Waals surface area (Å²) in [6, 6.07) is 0. The number of carbonyl (C=O) groups is 2. The smallest absolute Gasteiger partial charge is 0.367 e. The zero-order chi connectivity index (χ0) is 15.0. The molecule has 0 fully saturated rings. The highest BCUT2D eigenvalue weighted by molar-refractivity contribution is 7.11. The number of esters is 1. The Morgan fingerprint density at radius 1 is 1.45 bits per heavy atom. The van der Waals surface area contributed by atoms with Crippen molar-refractivity contribution in [2.75, 3.05) is 26.4 Å². The van der Waals surface area contributed by atoms with Crippen LogP contribution >= 0.6 is 11.3 Å². The van der Waals surface area contributed by atoms with Crippen LogP contribution in [0.15, 0.2) is 5.38 Å². The van der Waals surface area contributed by atoms with Gasteiger partial charge in [-0.05, 0) is 12.8 Å². The summed E-state index contributed by atoms with van der Waals surface area (Å²) in [4.78, 5) is 27.1. The molecule has 0 aliphatic rings. The largest absolute Gasteiger partial charge is 0.461 e. The van der Waals surface area contributed by atoms with Crippen LogP contribution in [0.3, 0.4) is 0 Å². The van der Waals surface area contributed by atoms with E-state index < -0.39 is 5.97 Å². The molecule has 1 aromatic rings. The summed E-state index contributed by atoms with van der Waals surface area (Å²) < 4.78 is 10.2. The minimum Gasteiger partial charge on any atom is -0.461 e. The first-order chi connectivity index (χ1) is 9.54. The van der Waals surface area contributed by atoms with E-state index in [0.717, 1.165) is 11.3 Å². The summed E-state index contributed by atoms with van der Waals surface area (Å²) in [7, 11) is 0. The Morgan fingerprint density at radius 3 is 2.85 bits per heavy atom. The molecular weight excluding hydrogens is 280 g/mol. The average Bonchev–Trinajstić information content (AvgIpc) is 2.87. The van der Waals surface area contributed by atoms with E-state index in [-0.39, 0.29) is 23.2 Å². The van der Waals surface area contributed by atoms with Crippen molar-refractivity contribution in [1.82, 2.24) is 10.3 Å². The zero-order valence-corrected chi connectivity index (χ0v) is 12.8. The molecule has 0 unspecified atom stereocenters. The van der Waals surface area contributed by atoms with Gasteiger partial charge in [0, 0.05) is 18.5 Å². The summed E-state index contributed by atoms with van der Waals surface area (Å²) in [6.45, 7) is 7.66. The highest BCUT2D eigenvalue weighted by Crippen LogP contribution is 2.11. The summed E-state index contributed by atoms with van der Waals surface area (Å²) in [5.74, 6) is -0.349. The first-order valence-corrected chi connectivity index (χ1v) is 7.41. The average molecular weight is 300 g/mol. The number of hydrogen-bond acceptors (Lipinski definition) is 6. The Kier molecular flexibility index (Phi) is 7.17. The molecule has 1 N–H and O–H groups in total. The van der Waals surface area contributed by atoms with Crippen molar-refractivity contribution in [3.8, 4) is 0 Å². The standard InChI is InChI=1S/C13H20N2O4S/c1-4-19-13(17)12-15-10(8-20-12)11(16)14-5-6-18-7-9(2)3/h8-9H,4-7H2,1-3H3,(H,14,16). The number of amides is 1. The lowest BCUT2D eigenvalue weighted by Crippen LogP contribution is -2.28. The second kappa shape index (κ2) is 8.65. The quantitative estimate of drug-likeness (QED) is 0.584. The van der Waals surface area contributed by atoms with Crippen LogP contribution in [0.2, 0.25) is 0 Å². The lowest BCUT2D eigenvalue weighted by Gasteiger charge is -2.07. The molecular formula is C13H20N2O4S. The topological polar surface area (TPSA) is 77.5 Å². The zero-order valence-electron chi connectivity index (χ0n) is 12.0. The first-order valence-electron chi connectivity index (χ1n) is 6.53. The minimum absolute atomic E-state index is 0.188. The molecule has 0 aliphatic carbocycles. The lowest BCUT2D eigenvalue weighted by atomic mass is 10.2. The maximum absolute atomic E-state index is 11.8. The van der Waals surface area contributed by atoms with Gasteiger partial charge in [0.25, 0.3) is 5.91 Å². The molecule has 0 bridgehead atoms. The minimum atomic E-state index is -0.503. The van der Waals surface area contributed by atoms with Gasteiger partial charge in [0.05, 0.1) is 13.2 Å². The van der Waals surface area contributed by atoms with E-state index in [0.29, 0.717) is 25.7 Å². The fourth-order valence-corrected chi connectivity index (χ4v) is 2.00.